The van der Waals surface area contributed by atoms with E-state index in [0.29, 0.717) is 28.5 Å². The van der Waals surface area contributed by atoms with E-state index in [9.17, 15) is 4.79 Å². The zero-order chi connectivity index (χ0) is 24.3. The van der Waals surface area contributed by atoms with Gasteiger partial charge in [-0.15, -0.1) is 0 Å². The number of hydrogen-bond acceptors (Lipinski definition) is 4. The molecule has 0 spiro atoms. The summed E-state index contributed by atoms with van der Waals surface area (Å²) >= 11 is 0. The maximum absolute atomic E-state index is 12.7. The number of ether oxygens (including phenoxy) is 1. The van der Waals surface area contributed by atoms with E-state index in [4.69, 9.17) is 14.1 Å². The third kappa shape index (κ3) is 4.30. The van der Waals surface area contributed by atoms with Crippen LogP contribution in [0, 0.1) is 0 Å². The number of hydrogen-bond donors (Lipinski definition) is 1. The molecule has 0 radical (unpaired) electrons. The highest BCUT2D eigenvalue weighted by Crippen LogP contribution is 2.33. The quantitative estimate of drug-likeness (QED) is 0.277. The lowest BCUT2D eigenvalue weighted by Crippen LogP contribution is -2.20. The second kappa shape index (κ2) is 9.39. The molecule has 0 saturated carbocycles. The van der Waals surface area contributed by atoms with E-state index >= 15 is 0 Å². The van der Waals surface area contributed by atoms with Crippen LogP contribution < -0.4 is 10.1 Å². The first-order valence-electron chi connectivity index (χ1n) is 11.7. The zero-order valence-corrected chi connectivity index (χ0v) is 19.3. The van der Waals surface area contributed by atoms with E-state index in [-0.39, 0.29) is 12.5 Å². The van der Waals surface area contributed by atoms with Crippen LogP contribution in [0.4, 0.5) is 5.69 Å². The molecule has 6 rings (SSSR count). The lowest BCUT2D eigenvalue weighted by Gasteiger charge is -2.10. The van der Waals surface area contributed by atoms with Gasteiger partial charge < -0.3 is 14.5 Å². The predicted octanol–water partition coefficient (Wildman–Crippen LogP) is 7.33. The fourth-order valence-corrected chi connectivity index (χ4v) is 4.26. The summed E-state index contributed by atoms with van der Waals surface area (Å²) < 4.78 is 11.8. The highest BCUT2D eigenvalue weighted by atomic mass is 16.5. The van der Waals surface area contributed by atoms with Crippen molar-refractivity contribution in [2.24, 2.45) is 0 Å². The maximum atomic E-state index is 12.7. The normalized spacial score (nSPS) is 11.0. The summed E-state index contributed by atoms with van der Waals surface area (Å²) in [5, 5.41) is 5.06. The molecule has 0 unspecified atom stereocenters. The second-order valence-electron chi connectivity index (χ2n) is 8.43. The molecule has 5 nitrogen and oxygen atoms in total. The summed E-state index contributed by atoms with van der Waals surface area (Å²) in [6.45, 7) is -0.114. The Balaban J connectivity index is 1.18. The fraction of sp³-hybridized carbons (Fsp3) is 0.0323. The first-order valence-corrected chi connectivity index (χ1v) is 11.7. The SMILES string of the molecule is O=C(COc1ccc(-c2ccccc2)cc1)Nc1ccccc1-c1nc2c(ccc3ccccc32)o1. The minimum atomic E-state index is -0.267. The Hall–Kier alpha value is -4.90. The number of rotatable bonds is 6. The van der Waals surface area contributed by atoms with Crippen molar-refractivity contribution in [2.45, 2.75) is 0 Å². The van der Waals surface area contributed by atoms with Crippen LogP contribution in [0.15, 0.2) is 120 Å². The van der Waals surface area contributed by atoms with Crippen LogP contribution in [0.2, 0.25) is 0 Å². The maximum Gasteiger partial charge on any atom is 0.262 e. The van der Waals surface area contributed by atoms with Gasteiger partial charge >= 0.3 is 0 Å². The average molecular weight is 471 g/mol. The fourth-order valence-electron chi connectivity index (χ4n) is 4.26. The number of aromatic nitrogens is 1. The van der Waals surface area contributed by atoms with E-state index in [1.807, 2.05) is 103 Å². The molecule has 6 aromatic rings. The summed E-state index contributed by atoms with van der Waals surface area (Å²) in [7, 11) is 0. The van der Waals surface area contributed by atoms with Gasteiger partial charge in [0.1, 0.15) is 11.3 Å². The molecular formula is C31H22N2O3. The Labute approximate surface area is 208 Å². The summed E-state index contributed by atoms with van der Waals surface area (Å²) in [6.07, 6.45) is 0. The van der Waals surface area contributed by atoms with Crippen molar-refractivity contribution in [3.63, 3.8) is 0 Å². The Morgan fingerprint density at radius 2 is 1.47 bits per heavy atom. The summed E-state index contributed by atoms with van der Waals surface area (Å²) in [6, 6.07) is 37.3. The molecule has 0 aliphatic heterocycles. The van der Waals surface area contributed by atoms with Gasteiger partial charge in [0.15, 0.2) is 12.2 Å². The number of fused-ring (bicyclic) bond motifs is 3. The van der Waals surface area contributed by atoms with Crippen molar-refractivity contribution in [2.75, 3.05) is 11.9 Å². The van der Waals surface area contributed by atoms with Gasteiger partial charge in [-0.3, -0.25) is 4.79 Å². The van der Waals surface area contributed by atoms with Gasteiger partial charge in [0.2, 0.25) is 5.89 Å². The number of benzene rings is 5. The molecule has 0 aliphatic carbocycles. The molecule has 0 atom stereocenters. The Kier molecular flexibility index (Phi) is 5.64. The molecule has 1 aromatic heterocycles. The molecule has 36 heavy (non-hydrogen) atoms. The minimum absolute atomic E-state index is 0.114. The third-order valence-electron chi connectivity index (χ3n) is 6.05. The summed E-state index contributed by atoms with van der Waals surface area (Å²) in [5.41, 5.74) is 5.04. The minimum Gasteiger partial charge on any atom is -0.484 e. The van der Waals surface area contributed by atoms with Crippen LogP contribution >= 0.6 is 0 Å². The van der Waals surface area contributed by atoms with Crippen LogP contribution in [0.3, 0.4) is 0 Å². The topological polar surface area (TPSA) is 64.4 Å². The van der Waals surface area contributed by atoms with Crippen LogP contribution in [0.25, 0.3) is 44.5 Å². The van der Waals surface area contributed by atoms with Gasteiger partial charge in [0.05, 0.1) is 11.3 Å². The third-order valence-corrected chi connectivity index (χ3v) is 6.05. The van der Waals surface area contributed by atoms with E-state index < -0.39 is 0 Å². The number of para-hydroxylation sites is 1. The van der Waals surface area contributed by atoms with Crippen LogP contribution in [-0.2, 0) is 4.79 Å². The standard InChI is InChI=1S/C31H22N2O3/c34-29(20-35-24-17-14-22(15-18-24)21-8-2-1-3-9-21)32-27-13-7-6-12-26(27)31-33-30-25-11-5-4-10-23(25)16-19-28(30)36-31/h1-19H,20H2,(H,32,34). The highest BCUT2D eigenvalue weighted by Gasteiger charge is 2.15. The van der Waals surface area contributed by atoms with Gasteiger partial charge in [-0.25, -0.2) is 4.98 Å². The van der Waals surface area contributed by atoms with Gasteiger partial charge in [0.25, 0.3) is 5.91 Å². The monoisotopic (exact) mass is 470 g/mol. The molecule has 0 bridgehead atoms. The molecule has 1 heterocycles. The van der Waals surface area contributed by atoms with Crippen molar-refractivity contribution in [3.8, 4) is 28.3 Å². The van der Waals surface area contributed by atoms with Gasteiger partial charge in [-0.2, -0.15) is 0 Å². The summed E-state index contributed by atoms with van der Waals surface area (Å²) in [4.78, 5) is 17.5. The van der Waals surface area contributed by atoms with Gasteiger partial charge in [0, 0.05) is 5.39 Å². The van der Waals surface area contributed by atoms with E-state index in [2.05, 4.69) is 17.4 Å². The highest BCUT2D eigenvalue weighted by molar-refractivity contribution is 6.04. The number of nitrogens with one attached hydrogen (secondary N) is 1. The van der Waals surface area contributed by atoms with Crippen LogP contribution in [-0.4, -0.2) is 17.5 Å². The van der Waals surface area contributed by atoms with Gasteiger partial charge in [-0.05, 0) is 46.8 Å². The first kappa shape index (κ1) is 21.6. The number of nitrogens with zero attached hydrogens (tertiary/aromatic N) is 1. The molecule has 5 heteroatoms. The zero-order valence-electron chi connectivity index (χ0n) is 19.3. The predicted molar refractivity (Wildman–Crippen MR) is 143 cm³/mol. The number of anilines is 1. The Morgan fingerprint density at radius 1 is 0.750 bits per heavy atom. The van der Waals surface area contributed by atoms with Crippen molar-refractivity contribution >= 4 is 33.5 Å². The number of carbonyl (C=O) groups is 1. The van der Waals surface area contributed by atoms with Crippen molar-refractivity contribution in [3.05, 3.63) is 115 Å². The first-order chi connectivity index (χ1) is 17.7. The molecule has 0 aliphatic rings. The average Bonchev–Trinajstić information content (AvgIpc) is 3.38. The molecule has 0 fully saturated rings. The Morgan fingerprint density at radius 3 is 2.33 bits per heavy atom. The number of carbonyl (C=O) groups excluding carboxylic acids is 1. The lowest BCUT2D eigenvalue weighted by molar-refractivity contribution is -0.118. The van der Waals surface area contributed by atoms with Crippen LogP contribution in [0.5, 0.6) is 5.75 Å². The molecule has 5 aromatic carbocycles. The van der Waals surface area contributed by atoms with Gasteiger partial charge in [-0.1, -0.05) is 84.9 Å². The van der Waals surface area contributed by atoms with Crippen LogP contribution in [0.1, 0.15) is 0 Å². The molecular weight excluding hydrogens is 448 g/mol. The number of amides is 1. The largest absolute Gasteiger partial charge is 0.484 e. The van der Waals surface area contributed by atoms with E-state index in [0.717, 1.165) is 27.4 Å². The van der Waals surface area contributed by atoms with E-state index in [1.165, 1.54) is 0 Å². The Bertz CT molecular complexity index is 1670. The molecule has 1 amide bonds. The van der Waals surface area contributed by atoms with E-state index in [1.54, 1.807) is 0 Å². The smallest absolute Gasteiger partial charge is 0.262 e. The molecule has 174 valence electrons. The molecule has 1 N–H and O–H groups in total. The summed E-state index contributed by atoms with van der Waals surface area (Å²) in [5.74, 6) is 0.815. The van der Waals surface area contributed by atoms with Crippen molar-refractivity contribution < 1.29 is 13.9 Å². The lowest BCUT2D eigenvalue weighted by atomic mass is 10.1. The number of oxazole rings is 1. The molecule has 0 saturated heterocycles. The van der Waals surface area contributed by atoms with Crippen molar-refractivity contribution in [1.29, 1.82) is 0 Å². The van der Waals surface area contributed by atoms with Crippen molar-refractivity contribution in [1.82, 2.24) is 4.98 Å². The second-order valence-corrected chi connectivity index (χ2v) is 8.43.